The van der Waals surface area contributed by atoms with Gasteiger partial charge in [-0.3, -0.25) is 4.79 Å². The van der Waals surface area contributed by atoms with E-state index in [0.717, 1.165) is 12.1 Å². The molecule has 0 saturated heterocycles. The molecule has 0 unspecified atom stereocenters. The second-order valence-electron chi connectivity index (χ2n) is 6.59. The predicted molar refractivity (Wildman–Crippen MR) is 86.0 cm³/mol. The highest BCUT2D eigenvalue weighted by Gasteiger charge is 2.30. The number of rotatable bonds is 4. The normalized spacial score (nSPS) is 12.1. The molecule has 0 N–H and O–H groups in total. The Kier molecular flexibility index (Phi) is 5.02. The summed E-state index contributed by atoms with van der Waals surface area (Å²) in [5, 5.41) is 0. The standard InChI is InChI=1S/C19H19F3O2/c1-18(2,3)17(23)14-7-9-16(10-8-14)24-12-13-5-4-6-15(11-13)19(20,21)22/h4-11H,12H2,1-3H3. The fourth-order valence-corrected chi connectivity index (χ4v) is 2.14. The molecule has 0 bridgehead atoms. The van der Waals surface area contributed by atoms with Crippen molar-refractivity contribution in [2.75, 3.05) is 0 Å². The van der Waals surface area contributed by atoms with E-state index in [1.165, 1.54) is 6.07 Å². The molecule has 0 heterocycles. The number of carbonyl (C=O) groups is 1. The Morgan fingerprint density at radius 3 is 2.17 bits per heavy atom. The second kappa shape index (κ2) is 6.67. The van der Waals surface area contributed by atoms with Gasteiger partial charge in [0.15, 0.2) is 5.78 Å². The first-order chi connectivity index (χ1) is 11.1. The Labute approximate surface area is 139 Å². The van der Waals surface area contributed by atoms with Crippen molar-refractivity contribution in [3.63, 3.8) is 0 Å². The minimum absolute atomic E-state index is 0.0203. The molecule has 0 atom stereocenters. The van der Waals surface area contributed by atoms with E-state index in [0.29, 0.717) is 16.9 Å². The van der Waals surface area contributed by atoms with E-state index in [4.69, 9.17) is 4.74 Å². The van der Waals surface area contributed by atoms with Crippen molar-refractivity contribution >= 4 is 5.78 Å². The third-order valence-corrected chi connectivity index (χ3v) is 3.46. The predicted octanol–water partition coefficient (Wildman–Crippen LogP) is 5.51. The maximum absolute atomic E-state index is 12.7. The van der Waals surface area contributed by atoms with Crippen LogP contribution in [0.3, 0.4) is 0 Å². The Morgan fingerprint density at radius 1 is 1.00 bits per heavy atom. The first-order valence-electron chi connectivity index (χ1n) is 7.51. The van der Waals surface area contributed by atoms with Crippen molar-refractivity contribution in [1.29, 1.82) is 0 Å². The summed E-state index contributed by atoms with van der Waals surface area (Å²) in [6.07, 6.45) is -4.37. The van der Waals surface area contributed by atoms with Gasteiger partial charge in [0, 0.05) is 11.0 Å². The summed E-state index contributed by atoms with van der Waals surface area (Å²) in [7, 11) is 0. The van der Waals surface area contributed by atoms with Gasteiger partial charge in [-0.2, -0.15) is 13.2 Å². The van der Waals surface area contributed by atoms with Crippen LogP contribution in [0.1, 0.15) is 42.3 Å². The van der Waals surface area contributed by atoms with Crippen LogP contribution in [0.2, 0.25) is 0 Å². The maximum Gasteiger partial charge on any atom is 0.416 e. The molecule has 0 aliphatic rings. The first-order valence-corrected chi connectivity index (χ1v) is 7.51. The van der Waals surface area contributed by atoms with Crippen LogP contribution in [-0.4, -0.2) is 5.78 Å². The number of Topliss-reactive ketones (excluding diaryl/α,β-unsaturated/α-hetero) is 1. The molecule has 0 radical (unpaired) electrons. The van der Waals surface area contributed by atoms with Crippen molar-refractivity contribution < 1.29 is 22.7 Å². The molecule has 0 fully saturated rings. The van der Waals surface area contributed by atoms with Gasteiger partial charge in [-0.1, -0.05) is 32.9 Å². The highest BCUT2D eigenvalue weighted by atomic mass is 19.4. The fourth-order valence-electron chi connectivity index (χ4n) is 2.14. The van der Waals surface area contributed by atoms with E-state index in [-0.39, 0.29) is 12.4 Å². The van der Waals surface area contributed by atoms with E-state index >= 15 is 0 Å². The molecule has 128 valence electrons. The molecule has 0 spiro atoms. The Morgan fingerprint density at radius 2 is 1.62 bits per heavy atom. The van der Waals surface area contributed by atoms with Gasteiger partial charge >= 0.3 is 6.18 Å². The molecule has 0 amide bonds. The van der Waals surface area contributed by atoms with E-state index in [2.05, 4.69) is 0 Å². The summed E-state index contributed by atoms with van der Waals surface area (Å²) in [5.74, 6) is 0.518. The quantitative estimate of drug-likeness (QED) is 0.688. The Balaban J connectivity index is 2.04. The zero-order valence-electron chi connectivity index (χ0n) is 13.8. The number of halogens is 3. The molecule has 0 aliphatic carbocycles. The molecule has 2 aromatic carbocycles. The van der Waals surface area contributed by atoms with Crippen LogP contribution in [0.25, 0.3) is 0 Å². The van der Waals surface area contributed by atoms with Crippen LogP contribution < -0.4 is 4.74 Å². The second-order valence-corrected chi connectivity index (χ2v) is 6.59. The molecule has 2 nitrogen and oxygen atoms in total. The summed E-state index contributed by atoms with van der Waals surface area (Å²) < 4.78 is 43.5. The number of alkyl halides is 3. The largest absolute Gasteiger partial charge is 0.489 e. The third-order valence-electron chi connectivity index (χ3n) is 3.46. The topological polar surface area (TPSA) is 26.3 Å². The van der Waals surface area contributed by atoms with Gasteiger partial charge in [-0.15, -0.1) is 0 Å². The summed E-state index contributed by atoms with van der Waals surface area (Å²) >= 11 is 0. The van der Waals surface area contributed by atoms with E-state index < -0.39 is 17.2 Å². The van der Waals surface area contributed by atoms with Crippen molar-refractivity contribution in [2.24, 2.45) is 5.41 Å². The molecule has 2 rings (SSSR count). The number of ether oxygens (including phenoxy) is 1. The smallest absolute Gasteiger partial charge is 0.416 e. The van der Waals surface area contributed by atoms with Crippen LogP contribution in [0.5, 0.6) is 5.75 Å². The van der Waals surface area contributed by atoms with Crippen LogP contribution >= 0.6 is 0 Å². The number of hydrogen-bond acceptors (Lipinski definition) is 2. The fraction of sp³-hybridized carbons (Fsp3) is 0.316. The summed E-state index contributed by atoms with van der Waals surface area (Å²) in [6, 6.07) is 11.6. The molecule has 0 aliphatic heterocycles. The molecular formula is C19H19F3O2. The maximum atomic E-state index is 12.7. The highest BCUT2D eigenvalue weighted by molar-refractivity contribution is 5.99. The van der Waals surface area contributed by atoms with Gasteiger partial charge in [0.25, 0.3) is 0 Å². The summed E-state index contributed by atoms with van der Waals surface area (Å²) in [6.45, 7) is 5.55. The lowest BCUT2D eigenvalue weighted by Gasteiger charge is -2.16. The monoisotopic (exact) mass is 336 g/mol. The number of benzene rings is 2. The molecule has 0 aromatic heterocycles. The van der Waals surface area contributed by atoms with Crippen LogP contribution in [0.15, 0.2) is 48.5 Å². The first kappa shape index (κ1) is 18.0. The Hall–Kier alpha value is -2.30. The van der Waals surface area contributed by atoms with Crippen molar-refractivity contribution in [3.8, 4) is 5.75 Å². The average Bonchev–Trinajstić information content (AvgIpc) is 2.51. The van der Waals surface area contributed by atoms with E-state index in [1.54, 1.807) is 30.3 Å². The number of carbonyl (C=O) groups excluding carboxylic acids is 1. The number of ketones is 1. The SMILES string of the molecule is CC(C)(C)C(=O)c1ccc(OCc2cccc(C(F)(F)F)c2)cc1. The van der Waals surface area contributed by atoms with Crippen LogP contribution in [0, 0.1) is 5.41 Å². The molecule has 0 saturated carbocycles. The third kappa shape index (κ3) is 4.60. The lowest BCUT2D eigenvalue weighted by atomic mass is 9.86. The highest BCUT2D eigenvalue weighted by Crippen LogP contribution is 2.30. The van der Waals surface area contributed by atoms with Gasteiger partial charge in [0.2, 0.25) is 0 Å². The molecule has 5 heteroatoms. The average molecular weight is 336 g/mol. The summed E-state index contributed by atoms with van der Waals surface area (Å²) in [4.78, 5) is 12.1. The van der Waals surface area contributed by atoms with Crippen molar-refractivity contribution in [1.82, 2.24) is 0 Å². The van der Waals surface area contributed by atoms with E-state index in [9.17, 15) is 18.0 Å². The van der Waals surface area contributed by atoms with Gasteiger partial charge in [0.05, 0.1) is 5.56 Å². The zero-order valence-corrected chi connectivity index (χ0v) is 13.8. The van der Waals surface area contributed by atoms with Gasteiger partial charge in [-0.05, 0) is 42.0 Å². The number of hydrogen-bond donors (Lipinski definition) is 0. The van der Waals surface area contributed by atoms with Crippen molar-refractivity contribution in [2.45, 2.75) is 33.6 Å². The van der Waals surface area contributed by atoms with Crippen LogP contribution in [0.4, 0.5) is 13.2 Å². The van der Waals surface area contributed by atoms with Crippen LogP contribution in [-0.2, 0) is 12.8 Å². The molecule has 2 aromatic rings. The Bertz CT molecular complexity index is 711. The minimum atomic E-state index is -4.37. The van der Waals surface area contributed by atoms with Gasteiger partial charge in [-0.25, -0.2) is 0 Å². The van der Waals surface area contributed by atoms with Gasteiger partial charge < -0.3 is 4.74 Å². The minimum Gasteiger partial charge on any atom is -0.489 e. The molecular weight excluding hydrogens is 317 g/mol. The van der Waals surface area contributed by atoms with E-state index in [1.807, 2.05) is 20.8 Å². The van der Waals surface area contributed by atoms with Gasteiger partial charge in [0.1, 0.15) is 12.4 Å². The molecule has 24 heavy (non-hydrogen) atoms. The van der Waals surface area contributed by atoms with Crippen molar-refractivity contribution in [3.05, 3.63) is 65.2 Å². The lowest BCUT2D eigenvalue weighted by molar-refractivity contribution is -0.137. The lowest BCUT2D eigenvalue weighted by Crippen LogP contribution is -2.19. The zero-order chi connectivity index (χ0) is 18.0. The summed E-state index contributed by atoms with van der Waals surface area (Å²) in [5.41, 5.74) is -0.163.